The Balaban J connectivity index is 4.55. The van der Waals surface area contributed by atoms with Gasteiger partial charge in [0.2, 0.25) is 0 Å². The molecule has 0 aliphatic rings. The molecule has 0 aromatic carbocycles. The van der Waals surface area contributed by atoms with Crippen LogP contribution in [0.3, 0.4) is 0 Å². The van der Waals surface area contributed by atoms with Crippen LogP contribution in [-0.4, -0.2) is 36.6 Å². The van der Waals surface area contributed by atoms with Gasteiger partial charge in [-0.1, -0.05) is 0 Å². The summed E-state index contributed by atoms with van der Waals surface area (Å²) in [5.41, 5.74) is -0.344. The Hall–Kier alpha value is -0.805. The first-order valence-corrected chi connectivity index (χ1v) is 5.40. The van der Waals surface area contributed by atoms with Crippen molar-refractivity contribution in [1.82, 2.24) is 5.32 Å². The maximum Gasteiger partial charge on any atom is 0.312 e. The first kappa shape index (κ1) is 15.2. The highest BCUT2D eigenvalue weighted by atomic mass is 16.5. The van der Waals surface area contributed by atoms with Gasteiger partial charge in [0.15, 0.2) is 0 Å². The summed E-state index contributed by atoms with van der Waals surface area (Å²) in [7, 11) is 2.09. The van der Waals surface area contributed by atoms with Gasteiger partial charge in [-0.05, 0) is 46.3 Å². The van der Waals surface area contributed by atoms with Crippen LogP contribution < -0.4 is 5.32 Å². The minimum absolute atomic E-state index is 0.313. The summed E-state index contributed by atoms with van der Waals surface area (Å²) in [6, 6.07) is 0. The van der Waals surface area contributed by atoms with E-state index in [1.807, 2.05) is 13.8 Å². The van der Waals surface area contributed by atoms with E-state index in [0.29, 0.717) is 13.2 Å². The molecule has 0 atom stereocenters. The molecule has 0 amide bonds. The molecular weight excluding hydrogens is 203 g/mol. The predicted molar refractivity (Wildman–Crippen MR) is 69.2 cm³/mol. The molecule has 0 aliphatic heterocycles. The fraction of sp³-hybridized carbons (Fsp3) is 0.727. The number of nitrogens with one attached hydrogen (secondary N) is 2. The van der Waals surface area contributed by atoms with E-state index in [1.165, 1.54) is 0 Å². The van der Waals surface area contributed by atoms with Crippen molar-refractivity contribution in [2.75, 3.05) is 7.05 Å². The van der Waals surface area contributed by atoms with Gasteiger partial charge in [0, 0.05) is 12.8 Å². The number of hydrogen-bond donors (Lipinski definition) is 3. The van der Waals surface area contributed by atoms with E-state index in [2.05, 4.69) is 5.32 Å². The van der Waals surface area contributed by atoms with Crippen molar-refractivity contribution in [3.8, 4) is 0 Å². The lowest BCUT2D eigenvalue weighted by Crippen LogP contribution is -2.48. The molecule has 0 aromatic heterocycles. The zero-order valence-electron chi connectivity index (χ0n) is 11.1. The Morgan fingerprint density at radius 3 is 2.19 bits per heavy atom. The Kier molecular flexibility index (Phi) is 5.22. The van der Waals surface area contributed by atoms with Crippen molar-refractivity contribution in [2.45, 2.75) is 45.8 Å². The molecule has 0 bridgehead atoms. The van der Waals surface area contributed by atoms with Crippen LogP contribution >= 0.6 is 0 Å². The number of hydrogen-bond acceptors (Lipinski definition) is 4. The summed E-state index contributed by atoms with van der Waals surface area (Å²) in [5, 5.41) is 20.4. The molecule has 0 radical (unpaired) electrons. The first-order chi connectivity index (χ1) is 7.12. The highest BCUT2D eigenvalue weighted by molar-refractivity contribution is 6.48. The third kappa shape index (κ3) is 4.37. The third-order valence-corrected chi connectivity index (χ3v) is 2.86. The average Bonchev–Trinajstić information content (AvgIpc) is 2.09. The smallest absolute Gasteiger partial charge is 0.312 e. The normalized spacial score (nSPS) is 13.6. The molecule has 92 valence electrons. The van der Waals surface area contributed by atoms with Crippen LogP contribution in [0, 0.1) is 5.41 Å². The Labute approximate surface area is 98.9 Å². The van der Waals surface area contributed by atoms with Crippen LogP contribution in [0.15, 0.2) is 11.7 Å². The van der Waals surface area contributed by atoms with Crippen molar-refractivity contribution >= 4 is 13.2 Å². The highest BCUT2D eigenvalue weighted by Crippen LogP contribution is 2.24. The van der Waals surface area contributed by atoms with E-state index >= 15 is 0 Å². The van der Waals surface area contributed by atoms with Gasteiger partial charge in [0.1, 0.15) is 0 Å². The van der Waals surface area contributed by atoms with E-state index in [-0.39, 0.29) is 0 Å². The van der Waals surface area contributed by atoms with Crippen molar-refractivity contribution in [3.63, 3.8) is 0 Å². The fourth-order valence-electron chi connectivity index (χ4n) is 0.867. The molecule has 5 heteroatoms. The molecule has 0 heterocycles. The standard InChI is InChI=1S/C11H23BN2O2/c1-8(13)9(7-14-6)12-16-11(4,5)10(2,3)15/h7,12-15H,1-6H3/b9-7+,13-8?. The van der Waals surface area contributed by atoms with Gasteiger partial charge < -0.3 is 20.5 Å². The summed E-state index contributed by atoms with van der Waals surface area (Å²) in [4.78, 5) is 0. The second-order valence-electron chi connectivity index (χ2n) is 4.94. The van der Waals surface area contributed by atoms with Crippen LogP contribution in [0.1, 0.15) is 34.6 Å². The second kappa shape index (κ2) is 5.50. The molecule has 0 rings (SSSR count). The van der Waals surface area contributed by atoms with Crippen molar-refractivity contribution in [1.29, 1.82) is 5.41 Å². The molecule has 4 nitrogen and oxygen atoms in total. The van der Waals surface area contributed by atoms with Crippen molar-refractivity contribution < 1.29 is 9.76 Å². The molecular formula is C11H23BN2O2. The van der Waals surface area contributed by atoms with Crippen LogP contribution in [0.2, 0.25) is 0 Å². The lowest BCUT2D eigenvalue weighted by Gasteiger charge is -2.37. The molecule has 0 aromatic rings. The van der Waals surface area contributed by atoms with E-state index < -0.39 is 11.2 Å². The predicted octanol–water partition coefficient (Wildman–Crippen LogP) is 1.00. The van der Waals surface area contributed by atoms with E-state index in [0.717, 1.165) is 5.47 Å². The van der Waals surface area contributed by atoms with Gasteiger partial charge >= 0.3 is 7.48 Å². The van der Waals surface area contributed by atoms with E-state index in [1.54, 1.807) is 34.0 Å². The average molecular weight is 226 g/mol. The van der Waals surface area contributed by atoms with E-state index in [4.69, 9.17) is 10.1 Å². The largest absolute Gasteiger partial charge is 0.427 e. The first-order valence-electron chi connectivity index (χ1n) is 5.40. The van der Waals surface area contributed by atoms with Crippen molar-refractivity contribution in [2.24, 2.45) is 0 Å². The van der Waals surface area contributed by atoms with Gasteiger partial charge in [0.25, 0.3) is 0 Å². The molecule has 0 saturated heterocycles. The lowest BCUT2D eigenvalue weighted by atomic mass is 9.80. The summed E-state index contributed by atoms with van der Waals surface area (Å²) in [6.45, 7) is 8.81. The molecule has 0 fully saturated rings. The monoisotopic (exact) mass is 226 g/mol. The van der Waals surface area contributed by atoms with Gasteiger partial charge in [-0.2, -0.15) is 0 Å². The third-order valence-electron chi connectivity index (χ3n) is 2.86. The highest BCUT2D eigenvalue weighted by Gasteiger charge is 2.35. The second-order valence-corrected chi connectivity index (χ2v) is 4.94. The quantitative estimate of drug-likeness (QED) is 0.467. The summed E-state index contributed by atoms with van der Waals surface area (Å²) in [6.07, 6.45) is 1.74. The van der Waals surface area contributed by atoms with Gasteiger partial charge in [0.05, 0.1) is 11.2 Å². The molecule has 3 N–H and O–H groups in total. The molecule has 0 aliphatic carbocycles. The summed E-state index contributed by atoms with van der Waals surface area (Å²) < 4.78 is 5.67. The summed E-state index contributed by atoms with van der Waals surface area (Å²) in [5.74, 6) is 0. The zero-order chi connectivity index (χ0) is 13.0. The van der Waals surface area contributed by atoms with E-state index in [9.17, 15) is 5.11 Å². The Morgan fingerprint density at radius 2 is 1.88 bits per heavy atom. The topological polar surface area (TPSA) is 65.3 Å². The van der Waals surface area contributed by atoms with Crippen molar-refractivity contribution in [3.05, 3.63) is 11.7 Å². The minimum atomic E-state index is -0.923. The summed E-state index contributed by atoms with van der Waals surface area (Å²) >= 11 is 0. The molecule has 0 spiro atoms. The number of allylic oxidation sites excluding steroid dienone is 1. The minimum Gasteiger partial charge on any atom is -0.427 e. The van der Waals surface area contributed by atoms with Gasteiger partial charge in [-0.15, -0.1) is 0 Å². The number of rotatable bonds is 6. The Bertz CT molecular complexity index is 280. The maximum absolute atomic E-state index is 9.91. The zero-order valence-corrected chi connectivity index (χ0v) is 11.1. The van der Waals surface area contributed by atoms with Crippen LogP contribution in [0.5, 0.6) is 0 Å². The molecule has 0 unspecified atom stereocenters. The fourth-order valence-corrected chi connectivity index (χ4v) is 0.867. The molecule has 0 saturated carbocycles. The SMILES string of the molecule is CN/C=C(/BOC(C)(C)C(C)(C)O)C(C)=N. The van der Waals surface area contributed by atoms with Gasteiger partial charge in [-0.25, -0.2) is 0 Å². The van der Waals surface area contributed by atoms with Crippen LogP contribution in [0.25, 0.3) is 0 Å². The maximum atomic E-state index is 9.91. The van der Waals surface area contributed by atoms with Crippen LogP contribution in [-0.2, 0) is 4.65 Å². The van der Waals surface area contributed by atoms with Gasteiger partial charge in [-0.3, -0.25) is 0 Å². The lowest BCUT2D eigenvalue weighted by molar-refractivity contribution is -0.0895. The Morgan fingerprint density at radius 1 is 1.38 bits per heavy atom. The number of aliphatic hydroxyl groups is 1. The molecule has 16 heavy (non-hydrogen) atoms. The van der Waals surface area contributed by atoms with Crippen LogP contribution in [0.4, 0.5) is 0 Å².